The number of hydrogen-bond donors (Lipinski definition) is 2. The average molecular weight is 441 g/mol. The lowest BCUT2D eigenvalue weighted by atomic mass is 9.65. The average Bonchev–Trinajstić information content (AvgIpc) is 2.78. The lowest BCUT2D eigenvalue weighted by molar-refractivity contribution is 0.111. The van der Waals surface area contributed by atoms with Crippen LogP contribution in [0.4, 0.5) is 11.8 Å². The van der Waals surface area contributed by atoms with Crippen molar-refractivity contribution in [3.63, 3.8) is 0 Å². The van der Waals surface area contributed by atoms with Crippen LogP contribution in [0.2, 0.25) is 0 Å². The highest BCUT2D eigenvalue weighted by Gasteiger charge is 2.32. The summed E-state index contributed by atoms with van der Waals surface area (Å²) >= 11 is 0. The van der Waals surface area contributed by atoms with E-state index >= 15 is 0 Å². The van der Waals surface area contributed by atoms with Gasteiger partial charge in [-0.15, -0.1) is 0 Å². The maximum absolute atomic E-state index is 5.86. The van der Waals surface area contributed by atoms with E-state index in [1.807, 2.05) is 18.2 Å². The van der Waals surface area contributed by atoms with Crippen molar-refractivity contribution < 1.29 is 0 Å². The van der Waals surface area contributed by atoms with Crippen LogP contribution in [-0.2, 0) is 0 Å². The van der Waals surface area contributed by atoms with Crippen molar-refractivity contribution in [2.45, 2.75) is 46.0 Å². The minimum absolute atomic E-state index is 0.0951. The summed E-state index contributed by atoms with van der Waals surface area (Å²) in [5.74, 6) is 4.60. The van der Waals surface area contributed by atoms with Gasteiger partial charge < -0.3 is 11.5 Å². The normalized spacial score (nSPS) is 24.3. The van der Waals surface area contributed by atoms with Gasteiger partial charge in [-0.1, -0.05) is 50.2 Å². The first-order valence-corrected chi connectivity index (χ1v) is 12.0. The van der Waals surface area contributed by atoms with Crippen LogP contribution in [0.15, 0.2) is 48.7 Å². The molecule has 4 aromatic rings. The summed E-state index contributed by atoms with van der Waals surface area (Å²) in [7, 11) is 0. The Balaban J connectivity index is 0.000000174. The molecule has 6 nitrogen and oxygen atoms in total. The van der Waals surface area contributed by atoms with E-state index in [-0.39, 0.29) is 11.8 Å². The zero-order valence-electron chi connectivity index (χ0n) is 19.4. The fourth-order valence-corrected chi connectivity index (χ4v) is 5.95. The molecule has 4 N–H and O–H groups in total. The van der Waals surface area contributed by atoms with E-state index in [0.717, 1.165) is 40.3 Å². The molecule has 2 fully saturated rings. The van der Waals surface area contributed by atoms with Gasteiger partial charge in [0.2, 0.25) is 5.95 Å². The van der Waals surface area contributed by atoms with E-state index < -0.39 is 0 Å². The first kappa shape index (κ1) is 21.6. The van der Waals surface area contributed by atoms with Gasteiger partial charge >= 0.3 is 0 Å². The fourth-order valence-electron chi connectivity index (χ4n) is 5.95. The molecule has 0 spiro atoms. The van der Waals surface area contributed by atoms with Crippen LogP contribution < -0.4 is 11.5 Å². The summed E-state index contributed by atoms with van der Waals surface area (Å²) in [5.41, 5.74) is 14.0. The van der Waals surface area contributed by atoms with Gasteiger partial charge in [0, 0.05) is 5.56 Å². The third kappa shape index (κ3) is 4.75. The molecule has 0 atom stereocenters. The Bertz CT molecular complexity index is 1250. The highest BCUT2D eigenvalue weighted by atomic mass is 15.1. The first-order valence-electron chi connectivity index (χ1n) is 12.0. The molecule has 2 aliphatic rings. The smallest absolute Gasteiger partial charge is 0.224 e. The number of nitrogens with two attached hydrogens (primary N) is 2. The van der Waals surface area contributed by atoms with Gasteiger partial charge in [-0.25, -0.2) is 9.97 Å². The first-order chi connectivity index (χ1) is 15.9. The van der Waals surface area contributed by atoms with E-state index in [4.69, 9.17) is 11.5 Å². The van der Waals surface area contributed by atoms with Crippen molar-refractivity contribution >= 4 is 33.7 Å². The second kappa shape index (κ2) is 8.93. The Hall–Kier alpha value is -3.28. The minimum Gasteiger partial charge on any atom is -0.382 e. The largest absolute Gasteiger partial charge is 0.382 e. The van der Waals surface area contributed by atoms with Crippen LogP contribution >= 0.6 is 0 Å². The lowest BCUT2D eigenvalue weighted by Crippen LogP contribution is -2.29. The number of hydrogen-bond acceptors (Lipinski definition) is 6. The molecular weight excluding hydrogens is 408 g/mol. The van der Waals surface area contributed by atoms with Crippen LogP contribution in [0.25, 0.3) is 33.2 Å². The maximum atomic E-state index is 5.86. The number of aromatic nitrogens is 4. The van der Waals surface area contributed by atoms with Crippen molar-refractivity contribution in [2.75, 3.05) is 11.5 Å². The second-order valence-corrected chi connectivity index (χ2v) is 10.1. The molecule has 0 aliphatic heterocycles. The van der Waals surface area contributed by atoms with Crippen LogP contribution in [0, 0.1) is 23.7 Å². The van der Waals surface area contributed by atoms with Crippen molar-refractivity contribution in [1.29, 1.82) is 0 Å². The SMILES string of the molecule is CC1CC2CC(C)CC(C1)C2.Nc1nc(N)c2nc(-c3ccc4ccccc4c3)cnc2n1. The topological polar surface area (TPSA) is 104 Å². The molecule has 2 bridgehead atoms. The number of benzene rings is 2. The van der Waals surface area contributed by atoms with Gasteiger partial charge in [0.25, 0.3) is 0 Å². The highest BCUT2D eigenvalue weighted by molar-refractivity contribution is 5.88. The van der Waals surface area contributed by atoms with Gasteiger partial charge in [0.15, 0.2) is 17.0 Å². The molecular formula is C27H32N6. The molecule has 33 heavy (non-hydrogen) atoms. The molecule has 0 radical (unpaired) electrons. The van der Waals surface area contributed by atoms with Gasteiger partial charge in [-0.3, -0.25) is 0 Å². The monoisotopic (exact) mass is 440 g/mol. The third-order valence-corrected chi connectivity index (χ3v) is 7.11. The Morgan fingerprint density at radius 2 is 1.42 bits per heavy atom. The van der Waals surface area contributed by atoms with Crippen molar-refractivity contribution in [3.8, 4) is 11.3 Å². The Morgan fingerprint density at radius 1 is 0.758 bits per heavy atom. The van der Waals surface area contributed by atoms with Crippen LogP contribution in [-0.4, -0.2) is 19.9 Å². The van der Waals surface area contributed by atoms with Crippen molar-refractivity contribution in [2.24, 2.45) is 23.7 Å². The highest BCUT2D eigenvalue weighted by Crippen LogP contribution is 2.44. The Morgan fingerprint density at radius 3 is 2.12 bits per heavy atom. The summed E-state index contributed by atoms with van der Waals surface area (Å²) in [6, 6.07) is 14.3. The zero-order chi connectivity index (χ0) is 22.9. The fraction of sp³-hybridized carbons (Fsp3) is 0.407. The predicted octanol–water partition coefficient (Wildman–Crippen LogP) is 5.87. The Kier molecular flexibility index (Phi) is 5.83. The number of nitrogens with zero attached hydrogens (tertiary/aromatic N) is 4. The van der Waals surface area contributed by atoms with Crippen LogP contribution in [0.1, 0.15) is 46.0 Å². The standard InChI is InChI=1S/C16H12N6.C11H20/c17-14-13-15(22-16(18)21-14)19-8-12(20-13)11-6-5-9-3-1-2-4-10(9)7-11;1-8-3-10-5-9(2)6-11(4-8)7-10/h1-8H,(H4,17,18,19,21,22);8-11H,3-7H2,1-2H3. The second-order valence-electron chi connectivity index (χ2n) is 10.1. The summed E-state index contributed by atoms with van der Waals surface area (Å²) in [4.78, 5) is 16.8. The zero-order valence-corrected chi connectivity index (χ0v) is 19.4. The number of nitrogen functional groups attached to an aromatic ring is 2. The maximum Gasteiger partial charge on any atom is 0.224 e. The van der Waals surface area contributed by atoms with E-state index in [9.17, 15) is 0 Å². The molecule has 2 heterocycles. The predicted molar refractivity (Wildman–Crippen MR) is 135 cm³/mol. The molecule has 2 aliphatic carbocycles. The van der Waals surface area contributed by atoms with E-state index in [2.05, 4.69) is 58.0 Å². The molecule has 0 saturated heterocycles. The summed E-state index contributed by atoms with van der Waals surface area (Å²) < 4.78 is 0. The van der Waals surface area contributed by atoms with E-state index in [1.54, 1.807) is 12.6 Å². The molecule has 0 amide bonds. The minimum atomic E-state index is 0.0951. The molecule has 2 saturated carbocycles. The lowest BCUT2D eigenvalue weighted by Gasteiger charge is -2.40. The van der Waals surface area contributed by atoms with Crippen LogP contribution in [0.3, 0.4) is 0 Å². The Labute approximate surface area is 194 Å². The van der Waals surface area contributed by atoms with Crippen molar-refractivity contribution in [3.05, 3.63) is 48.7 Å². The summed E-state index contributed by atoms with van der Waals surface area (Å²) in [5, 5.41) is 2.32. The van der Waals surface area contributed by atoms with Gasteiger partial charge in [0.05, 0.1) is 11.9 Å². The summed E-state index contributed by atoms with van der Waals surface area (Å²) in [6.45, 7) is 4.88. The van der Waals surface area contributed by atoms with Gasteiger partial charge in [-0.2, -0.15) is 9.97 Å². The van der Waals surface area contributed by atoms with Gasteiger partial charge in [0.1, 0.15) is 0 Å². The quantitative estimate of drug-likeness (QED) is 0.383. The van der Waals surface area contributed by atoms with Crippen molar-refractivity contribution in [1.82, 2.24) is 19.9 Å². The van der Waals surface area contributed by atoms with E-state index in [0.29, 0.717) is 11.2 Å². The molecule has 6 rings (SSSR count). The molecule has 170 valence electrons. The van der Waals surface area contributed by atoms with Gasteiger partial charge in [-0.05, 0) is 72.6 Å². The molecule has 2 aromatic heterocycles. The number of rotatable bonds is 1. The van der Waals surface area contributed by atoms with E-state index in [1.165, 1.54) is 31.1 Å². The van der Waals surface area contributed by atoms with Crippen LogP contribution in [0.5, 0.6) is 0 Å². The number of fused-ring (bicyclic) bond motifs is 4. The third-order valence-electron chi connectivity index (χ3n) is 7.11. The molecule has 6 heteroatoms. The molecule has 0 unspecified atom stereocenters. The summed E-state index contributed by atoms with van der Waals surface area (Å²) in [6.07, 6.45) is 9.34. The number of anilines is 2. The molecule has 2 aromatic carbocycles.